The van der Waals surface area contributed by atoms with E-state index in [0.717, 1.165) is 32.0 Å². The molecule has 0 aliphatic carbocycles. The Bertz CT molecular complexity index is 496. The third-order valence-corrected chi connectivity index (χ3v) is 3.68. The van der Waals surface area contributed by atoms with E-state index < -0.39 is 5.54 Å². The fraction of sp³-hybridized carbons (Fsp3) is 0.600. The van der Waals surface area contributed by atoms with Gasteiger partial charge in [0.1, 0.15) is 5.82 Å². The second-order valence-electron chi connectivity index (χ2n) is 6.16. The first-order valence-electron chi connectivity index (χ1n) is 7.25. The van der Waals surface area contributed by atoms with E-state index in [4.69, 9.17) is 0 Å². The largest absolute Gasteiger partial charge is 0.394 e. The number of aliphatic hydroxyl groups is 1. The number of nitrogens with one attached hydrogen (secondary N) is 1. The summed E-state index contributed by atoms with van der Waals surface area (Å²) in [6.07, 6.45) is 1.71. The van der Waals surface area contributed by atoms with Crippen LogP contribution in [0.3, 0.4) is 0 Å². The Labute approximate surface area is 125 Å². The standard InChI is InChI=1S/C15H24N4O2/c1-15(2,11-20)17-14(21)12-5-4-6-16-13(12)19-9-7-18(3)8-10-19/h4-6,20H,7-11H2,1-3H3,(H,17,21). The lowest BCUT2D eigenvalue weighted by atomic mass is 10.1. The van der Waals surface area contributed by atoms with Crippen molar-refractivity contribution in [1.29, 1.82) is 0 Å². The molecule has 0 atom stereocenters. The first kappa shape index (κ1) is 15.7. The Morgan fingerprint density at radius 3 is 2.67 bits per heavy atom. The number of hydrogen-bond acceptors (Lipinski definition) is 5. The number of carbonyl (C=O) groups is 1. The Hall–Kier alpha value is -1.66. The number of likely N-dealkylation sites (N-methyl/N-ethyl adjacent to an activating group) is 1. The molecule has 21 heavy (non-hydrogen) atoms. The second kappa shape index (κ2) is 6.41. The van der Waals surface area contributed by atoms with E-state index in [1.807, 2.05) is 0 Å². The smallest absolute Gasteiger partial charge is 0.255 e. The van der Waals surface area contributed by atoms with Gasteiger partial charge in [-0.3, -0.25) is 4.79 Å². The highest BCUT2D eigenvalue weighted by Gasteiger charge is 2.25. The minimum absolute atomic E-state index is 0.108. The lowest BCUT2D eigenvalue weighted by Gasteiger charge is -2.34. The Morgan fingerprint density at radius 2 is 2.05 bits per heavy atom. The molecule has 1 saturated heterocycles. The fourth-order valence-electron chi connectivity index (χ4n) is 2.26. The van der Waals surface area contributed by atoms with Crippen LogP contribution in [0.1, 0.15) is 24.2 Å². The predicted octanol–water partition coefficient (Wildman–Crippen LogP) is 0.334. The van der Waals surface area contributed by atoms with Gasteiger partial charge >= 0.3 is 0 Å². The zero-order valence-corrected chi connectivity index (χ0v) is 13.0. The molecule has 1 aliphatic rings. The first-order valence-corrected chi connectivity index (χ1v) is 7.25. The average Bonchev–Trinajstić information content (AvgIpc) is 2.47. The number of amides is 1. The van der Waals surface area contributed by atoms with Crippen LogP contribution in [0.4, 0.5) is 5.82 Å². The van der Waals surface area contributed by atoms with Crippen molar-refractivity contribution in [2.75, 3.05) is 44.7 Å². The van der Waals surface area contributed by atoms with Crippen molar-refractivity contribution in [3.8, 4) is 0 Å². The molecular weight excluding hydrogens is 268 g/mol. The molecule has 0 aromatic carbocycles. The summed E-state index contributed by atoms with van der Waals surface area (Å²) in [7, 11) is 2.09. The lowest BCUT2D eigenvalue weighted by molar-refractivity contribution is 0.0869. The molecule has 0 unspecified atom stereocenters. The highest BCUT2D eigenvalue weighted by Crippen LogP contribution is 2.19. The normalized spacial score (nSPS) is 16.9. The highest BCUT2D eigenvalue weighted by molar-refractivity contribution is 5.99. The number of aromatic nitrogens is 1. The molecule has 1 aromatic rings. The van der Waals surface area contributed by atoms with Crippen molar-refractivity contribution >= 4 is 11.7 Å². The Kier molecular flexibility index (Phi) is 4.80. The van der Waals surface area contributed by atoms with Crippen LogP contribution < -0.4 is 10.2 Å². The zero-order valence-electron chi connectivity index (χ0n) is 13.0. The van der Waals surface area contributed by atoms with Crippen molar-refractivity contribution < 1.29 is 9.90 Å². The van der Waals surface area contributed by atoms with Crippen LogP contribution in [-0.2, 0) is 0 Å². The molecule has 1 aromatic heterocycles. The van der Waals surface area contributed by atoms with Crippen LogP contribution in [0.5, 0.6) is 0 Å². The van der Waals surface area contributed by atoms with Gasteiger partial charge in [-0.25, -0.2) is 4.98 Å². The number of rotatable bonds is 4. The number of aliphatic hydroxyl groups excluding tert-OH is 1. The van der Waals surface area contributed by atoms with Crippen molar-refractivity contribution in [3.63, 3.8) is 0 Å². The molecule has 0 saturated carbocycles. The first-order chi connectivity index (χ1) is 9.93. The van der Waals surface area contributed by atoms with Gasteiger partial charge in [0, 0.05) is 32.4 Å². The van der Waals surface area contributed by atoms with Crippen LogP contribution in [0.15, 0.2) is 18.3 Å². The number of pyridine rings is 1. The average molecular weight is 292 g/mol. The van der Waals surface area contributed by atoms with Crippen molar-refractivity contribution in [2.24, 2.45) is 0 Å². The van der Waals surface area contributed by atoms with E-state index in [0.29, 0.717) is 5.56 Å². The molecule has 2 N–H and O–H groups in total. The summed E-state index contributed by atoms with van der Waals surface area (Å²) in [5.74, 6) is 0.521. The molecule has 1 aliphatic heterocycles. The van der Waals surface area contributed by atoms with Crippen molar-refractivity contribution in [2.45, 2.75) is 19.4 Å². The lowest BCUT2D eigenvalue weighted by Crippen LogP contribution is -2.48. The molecular formula is C15H24N4O2. The molecule has 6 nitrogen and oxygen atoms in total. The molecule has 1 amide bonds. The van der Waals surface area contributed by atoms with E-state index in [-0.39, 0.29) is 12.5 Å². The van der Waals surface area contributed by atoms with E-state index in [1.165, 1.54) is 0 Å². The molecule has 0 bridgehead atoms. The van der Waals surface area contributed by atoms with Gasteiger partial charge in [-0.15, -0.1) is 0 Å². The Morgan fingerprint density at radius 1 is 1.38 bits per heavy atom. The predicted molar refractivity (Wildman–Crippen MR) is 82.6 cm³/mol. The van der Waals surface area contributed by atoms with Crippen LogP contribution in [0.25, 0.3) is 0 Å². The maximum atomic E-state index is 12.4. The van der Waals surface area contributed by atoms with E-state index >= 15 is 0 Å². The molecule has 1 fully saturated rings. The molecule has 116 valence electrons. The van der Waals surface area contributed by atoms with E-state index in [9.17, 15) is 9.90 Å². The summed E-state index contributed by atoms with van der Waals surface area (Å²) >= 11 is 0. The van der Waals surface area contributed by atoms with Gasteiger partial charge in [-0.1, -0.05) is 0 Å². The van der Waals surface area contributed by atoms with Gasteiger partial charge in [-0.2, -0.15) is 0 Å². The summed E-state index contributed by atoms with van der Waals surface area (Å²) in [5, 5.41) is 12.1. The summed E-state index contributed by atoms with van der Waals surface area (Å²) < 4.78 is 0. The van der Waals surface area contributed by atoms with Gasteiger partial charge in [-0.05, 0) is 33.0 Å². The maximum Gasteiger partial charge on any atom is 0.255 e. The topological polar surface area (TPSA) is 68.7 Å². The summed E-state index contributed by atoms with van der Waals surface area (Å²) in [5.41, 5.74) is -0.0876. The third kappa shape index (κ3) is 3.92. The van der Waals surface area contributed by atoms with Crippen LogP contribution in [0, 0.1) is 0 Å². The number of nitrogens with zero attached hydrogens (tertiary/aromatic N) is 3. The molecule has 2 heterocycles. The second-order valence-corrected chi connectivity index (χ2v) is 6.16. The summed E-state index contributed by atoms with van der Waals surface area (Å²) in [6.45, 7) is 7.10. The number of piperazine rings is 1. The van der Waals surface area contributed by atoms with Crippen molar-refractivity contribution in [3.05, 3.63) is 23.9 Å². The minimum atomic E-state index is -0.647. The molecule has 0 spiro atoms. The highest BCUT2D eigenvalue weighted by atomic mass is 16.3. The zero-order chi connectivity index (χ0) is 15.5. The van der Waals surface area contributed by atoms with Crippen LogP contribution in [-0.4, -0.2) is 66.3 Å². The van der Waals surface area contributed by atoms with Gasteiger partial charge in [0.2, 0.25) is 0 Å². The SMILES string of the molecule is CN1CCN(c2ncccc2C(=O)NC(C)(C)CO)CC1. The quantitative estimate of drug-likeness (QED) is 0.837. The maximum absolute atomic E-state index is 12.4. The van der Waals surface area contributed by atoms with Crippen molar-refractivity contribution in [1.82, 2.24) is 15.2 Å². The van der Waals surface area contributed by atoms with Gasteiger partial charge in [0.05, 0.1) is 17.7 Å². The molecule has 0 radical (unpaired) electrons. The summed E-state index contributed by atoms with van der Waals surface area (Å²) in [4.78, 5) is 21.2. The van der Waals surface area contributed by atoms with E-state index in [1.54, 1.807) is 32.2 Å². The van der Waals surface area contributed by atoms with Gasteiger partial charge in [0.25, 0.3) is 5.91 Å². The summed E-state index contributed by atoms with van der Waals surface area (Å²) in [6, 6.07) is 3.55. The Balaban J connectivity index is 2.19. The van der Waals surface area contributed by atoms with E-state index in [2.05, 4.69) is 27.1 Å². The molecule has 6 heteroatoms. The van der Waals surface area contributed by atoms with Gasteiger partial charge < -0.3 is 20.2 Å². The molecule has 2 rings (SSSR count). The third-order valence-electron chi connectivity index (χ3n) is 3.68. The number of anilines is 1. The number of hydrogen-bond donors (Lipinski definition) is 2. The van der Waals surface area contributed by atoms with Crippen LogP contribution >= 0.6 is 0 Å². The monoisotopic (exact) mass is 292 g/mol. The number of carbonyl (C=O) groups excluding carboxylic acids is 1. The minimum Gasteiger partial charge on any atom is -0.394 e. The fourth-order valence-corrected chi connectivity index (χ4v) is 2.26. The van der Waals surface area contributed by atoms with Crippen LogP contribution in [0.2, 0.25) is 0 Å². The van der Waals surface area contributed by atoms with Gasteiger partial charge in [0.15, 0.2) is 0 Å².